The zero-order valence-electron chi connectivity index (χ0n) is 10.1. The largest absolute Gasteiger partial charge is 0.426 e. The van der Waals surface area contributed by atoms with Crippen molar-refractivity contribution in [3.05, 3.63) is 41.1 Å². The van der Waals surface area contributed by atoms with Gasteiger partial charge in [-0.1, -0.05) is 23.7 Å². The molecule has 0 unspecified atom stereocenters. The van der Waals surface area contributed by atoms with E-state index in [2.05, 4.69) is 14.9 Å². The summed E-state index contributed by atoms with van der Waals surface area (Å²) in [6, 6.07) is 6.25. The molecular formula is C11H12ClN3O3S. The smallest absolute Gasteiger partial charge is 0.242 e. The molecule has 0 radical (unpaired) electrons. The van der Waals surface area contributed by atoms with Crippen LogP contribution in [0.2, 0.25) is 5.02 Å². The van der Waals surface area contributed by atoms with E-state index in [9.17, 15) is 8.42 Å². The van der Waals surface area contributed by atoms with Gasteiger partial charge in [-0.2, -0.15) is 0 Å². The predicted molar refractivity (Wildman–Crippen MR) is 69.4 cm³/mol. The molecule has 6 nitrogen and oxygen atoms in total. The lowest BCUT2D eigenvalue weighted by Crippen LogP contribution is -2.26. The average molecular weight is 302 g/mol. The molecule has 0 aliphatic heterocycles. The van der Waals surface area contributed by atoms with Gasteiger partial charge in [-0.3, -0.25) is 0 Å². The summed E-state index contributed by atoms with van der Waals surface area (Å²) in [4.78, 5) is 0.0541. The Hall–Kier alpha value is -1.44. The highest BCUT2D eigenvalue weighted by molar-refractivity contribution is 7.89. The summed E-state index contributed by atoms with van der Waals surface area (Å²) in [5.41, 5.74) is 0. The van der Waals surface area contributed by atoms with Crippen molar-refractivity contribution >= 4 is 21.6 Å². The molecule has 0 amide bonds. The Morgan fingerprint density at radius 2 is 2.05 bits per heavy atom. The van der Waals surface area contributed by atoms with Gasteiger partial charge in [0.05, 0.1) is 5.02 Å². The monoisotopic (exact) mass is 301 g/mol. The molecule has 0 saturated heterocycles. The second kappa shape index (κ2) is 5.68. The minimum Gasteiger partial charge on any atom is -0.426 e. The van der Waals surface area contributed by atoms with Gasteiger partial charge < -0.3 is 4.42 Å². The van der Waals surface area contributed by atoms with Crippen molar-refractivity contribution in [2.75, 3.05) is 6.54 Å². The molecule has 1 heterocycles. The Bertz CT molecular complexity index is 669. The second-order valence-electron chi connectivity index (χ2n) is 3.79. The number of benzene rings is 1. The van der Waals surface area contributed by atoms with E-state index in [1.54, 1.807) is 19.1 Å². The number of aryl methyl sites for hydroxylation is 1. The van der Waals surface area contributed by atoms with Crippen molar-refractivity contribution in [3.8, 4) is 0 Å². The van der Waals surface area contributed by atoms with Crippen LogP contribution in [0, 0.1) is 6.92 Å². The molecular weight excluding hydrogens is 290 g/mol. The Balaban J connectivity index is 2.01. The Labute approximate surface area is 115 Å². The fraction of sp³-hybridized carbons (Fsp3) is 0.273. The number of aromatic nitrogens is 2. The molecule has 19 heavy (non-hydrogen) atoms. The van der Waals surface area contributed by atoms with E-state index in [0.717, 1.165) is 0 Å². The van der Waals surface area contributed by atoms with Crippen LogP contribution in [0.15, 0.2) is 33.6 Å². The standard InChI is InChI=1S/C11H12ClN3O3S/c1-8-14-15-11(18-8)6-7-13-19(16,17)10-5-3-2-4-9(10)12/h2-5,13H,6-7H2,1H3. The van der Waals surface area contributed by atoms with Crippen molar-refractivity contribution in [3.63, 3.8) is 0 Å². The first-order chi connectivity index (χ1) is 8.99. The van der Waals surface area contributed by atoms with E-state index >= 15 is 0 Å². The van der Waals surface area contributed by atoms with Gasteiger partial charge in [0.1, 0.15) is 4.90 Å². The molecule has 1 aromatic carbocycles. The second-order valence-corrected chi connectivity index (χ2v) is 5.94. The SMILES string of the molecule is Cc1nnc(CCNS(=O)(=O)c2ccccc2Cl)o1. The fourth-order valence-electron chi connectivity index (χ4n) is 1.47. The third-order valence-electron chi connectivity index (χ3n) is 2.32. The number of halogens is 1. The molecule has 0 atom stereocenters. The van der Waals surface area contributed by atoms with Gasteiger partial charge in [0, 0.05) is 19.9 Å². The molecule has 1 N–H and O–H groups in total. The minimum atomic E-state index is -3.63. The molecule has 0 aliphatic rings. The van der Waals surface area contributed by atoms with E-state index < -0.39 is 10.0 Å². The lowest BCUT2D eigenvalue weighted by molar-refractivity contribution is 0.466. The number of nitrogens with zero attached hydrogens (tertiary/aromatic N) is 2. The normalized spacial score (nSPS) is 11.7. The third-order valence-corrected chi connectivity index (χ3v) is 4.29. The van der Waals surface area contributed by atoms with E-state index in [1.807, 2.05) is 0 Å². The fourth-order valence-corrected chi connectivity index (χ4v) is 3.02. The summed E-state index contributed by atoms with van der Waals surface area (Å²) < 4.78 is 31.6. The number of hydrogen-bond acceptors (Lipinski definition) is 5. The Morgan fingerprint density at radius 1 is 1.32 bits per heavy atom. The van der Waals surface area contributed by atoms with Crippen LogP contribution < -0.4 is 4.72 Å². The molecule has 0 saturated carbocycles. The molecule has 0 fully saturated rings. The van der Waals surface area contributed by atoms with Crippen LogP contribution in [0.1, 0.15) is 11.8 Å². The van der Waals surface area contributed by atoms with Crippen LogP contribution in [0.25, 0.3) is 0 Å². The Morgan fingerprint density at radius 3 is 2.68 bits per heavy atom. The highest BCUT2D eigenvalue weighted by atomic mass is 35.5. The van der Waals surface area contributed by atoms with Crippen molar-refractivity contribution in [2.24, 2.45) is 0 Å². The summed E-state index contributed by atoms with van der Waals surface area (Å²) in [6.45, 7) is 1.83. The summed E-state index contributed by atoms with van der Waals surface area (Å²) in [6.07, 6.45) is 0.324. The van der Waals surface area contributed by atoms with E-state index in [0.29, 0.717) is 18.2 Å². The number of sulfonamides is 1. The van der Waals surface area contributed by atoms with E-state index in [1.165, 1.54) is 12.1 Å². The van der Waals surface area contributed by atoms with Crippen LogP contribution in [0.4, 0.5) is 0 Å². The van der Waals surface area contributed by atoms with E-state index in [4.69, 9.17) is 16.0 Å². The highest BCUT2D eigenvalue weighted by Crippen LogP contribution is 2.19. The summed E-state index contributed by atoms with van der Waals surface area (Å²) in [5, 5.41) is 7.62. The van der Waals surface area contributed by atoms with Crippen LogP contribution in [0.3, 0.4) is 0 Å². The average Bonchev–Trinajstić information content (AvgIpc) is 2.75. The lowest BCUT2D eigenvalue weighted by Gasteiger charge is -2.06. The van der Waals surface area contributed by atoms with Gasteiger partial charge in [0.2, 0.25) is 21.8 Å². The molecule has 1 aromatic heterocycles. The Kier molecular flexibility index (Phi) is 4.18. The zero-order chi connectivity index (χ0) is 13.9. The lowest BCUT2D eigenvalue weighted by atomic mass is 10.4. The van der Waals surface area contributed by atoms with Gasteiger partial charge in [0.15, 0.2) is 0 Å². The zero-order valence-corrected chi connectivity index (χ0v) is 11.7. The first-order valence-electron chi connectivity index (χ1n) is 5.52. The molecule has 0 aliphatic carbocycles. The van der Waals surface area contributed by atoms with Crippen molar-refractivity contribution in [2.45, 2.75) is 18.2 Å². The maximum absolute atomic E-state index is 12.0. The predicted octanol–water partition coefficient (Wildman–Crippen LogP) is 1.55. The van der Waals surface area contributed by atoms with Gasteiger partial charge >= 0.3 is 0 Å². The number of nitrogens with one attached hydrogen (secondary N) is 1. The quantitative estimate of drug-likeness (QED) is 0.905. The van der Waals surface area contributed by atoms with Gasteiger partial charge in [0.25, 0.3) is 0 Å². The van der Waals surface area contributed by atoms with Crippen molar-refractivity contribution in [1.82, 2.24) is 14.9 Å². The molecule has 0 bridgehead atoms. The number of rotatable bonds is 5. The van der Waals surface area contributed by atoms with Gasteiger partial charge in [-0.25, -0.2) is 13.1 Å². The maximum Gasteiger partial charge on any atom is 0.242 e. The molecule has 2 rings (SSSR count). The van der Waals surface area contributed by atoms with Crippen LogP contribution >= 0.6 is 11.6 Å². The first-order valence-corrected chi connectivity index (χ1v) is 7.38. The van der Waals surface area contributed by atoms with Gasteiger partial charge in [-0.15, -0.1) is 10.2 Å². The summed E-state index contributed by atoms with van der Waals surface area (Å²) in [7, 11) is -3.63. The minimum absolute atomic E-state index is 0.0541. The first kappa shape index (κ1) is 14.0. The summed E-state index contributed by atoms with van der Waals surface area (Å²) >= 11 is 5.85. The molecule has 2 aromatic rings. The van der Waals surface area contributed by atoms with Crippen LogP contribution in [0.5, 0.6) is 0 Å². The molecule has 0 spiro atoms. The van der Waals surface area contributed by atoms with Crippen molar-refractivity contribution in [1.29, 1.82) is 0 Å². The topological polar surface area (TPSA) is 85.1 Å². The molecule has 102 valence electrons. The van der Waals surface area contributed by atoms with Gasteiger partial charge in [-0.05, 0) is 12.1 Å². The summed E-state index contributed by atoms with van der Waals surface area (Å²) in [5.74, 6) is 0.836. The van der Waals surface area contributed by atoms with E-state index in [-0.39, 0.29) is 16.5 Å². The maximum atomic E-state index is 12.0. The third kappa shape index (κ3) is 3.52. The van der Waals surface area contributed by atoms with Crippen LogP contribution in [-0.2, 0) is 16.4 Å². The number of hydrogen-bond donors (Lipinski definition) is 1. The highest BCUT2D eigenvalue weighted by Gasteiger charge is 2.17. The van der Waals surface area contributed by atoms with Crippen LogP contribution in [-0.4, -0.2) is 25.2 Å². The molecule has 8 heteroatoms. The van der Waals surface area contributed by atoms with Crippen molar-refractivity contribution < 1.29 is 12.8 Å².